The molecular formula is C19H20FN3O3S. The monoisotopic (exact) mass is 389 g/mol. The summed E-state index contributed by atoms with van der Waals surface area (Å²) >= 11 is 0. The molecule has 6 nitrogen and oxygen atoms in total. The van der Waals surface area contributed by atoms with Crippen molar-refractivity contribution in [2.45, 2.75) is 37.8 Å². The van der Waals surface area contributed by atoms with Crippen molar-refractivity contribution in [3.8, 4) is 6.07 Å². The average molecular weight is 389 g/mol. The molecule has 0 aliphatic carbocycles. The first-order chi connectivity index (χ1) is 12.8. The van der Waals surface area contributed by atoms with Crippen LogP contribution in [-0.4, -0.2) is 43.2 Å². The predicted octanol–water partition coefficient (Wildman–Crippen LogP) is 2.70. The van der Waals surface area contributed by atoms with Crippen LogP contribution >= 0.6 is 0 Å². The molecule has 4 rings (SSSR count). The van der Waals surface area contributed by atoms with E-state index in [1.54, 1.807) is 6.92 Å². The van der Waals surface area contributed by atoms with Gasteiger partial charge in [0, 0.05) is 24.2 Å². The van der Waals surface area contributed by atoms with Gasteiger partial charge in [0.2, 0.25) is 0 Å². The minimum Gasteiger partial charge on any atom is -0.380 e. The molecule has 2 saturated heterocycles. The molecule has 2 aliphatic heterocycles. The summed E-state index contributed by atoms with van der Waals surface area (Å²) in [6, 6.07) is 4.85. The smallest absolute Gasteiger partial charge is 0.153 e. The molecule has 8 heteroatoms. The summed E-state index contributed by atoms with van der Waals surface area (Å²) in [6.07, 6.45) is 3.20. The lowest BCUT2D eigenvalue weighted by Gasteiger charge is -2.38. The molecule has 0 saturated carbocycles. The molecule has 0 radical (unpaired) electrons. The van der Waals surface area contributed by atoms with Crippen molar-refractivity contribution in [3.05, 3.63) is 35.3 Å². The largest absolute Gasteiger partial charge is 0.380 e. The number of anilines is 1. The molecule has 2 fully saturated rings. The molecule has 1 aromatic carbocycles. The standard InChI is InChI=1S/C19H20FN3O3S/c1-12-6-14(20)7-16-17(12)22-10-13(9-21)18(16)23-15-2-4-26-19(8-15)3-5-27(24,25)11-19/h6-7,10,15H,2-5,8,11H2,1H3,(H,22,23). The van der Waals surface area contributed by atoms with E-state index < -0.39 is 15.4 Å². The van der Waals surface area contributed by atoms with Crippen LogP contribution in [0.15, 0.2) is 18.3 Å². The lowest BCUT2D eigenvalue weighted by atomic mass is 9.89. The molecular weight excluding hydrogens is 369 g/mol. The van der Waals surface area contributed by atoms with Gasteiger partial charge in [-0.25, -0.2) is 12.8 Å². The number of halogens is 1. The lowest BCUT2D eigenvalue weighted by molar-refractivity contribution is -0.0631. The maximum absolute atomic E-state index is 14.0. The zero-order chi connectivity index (χ0) is 19.2. The van der Waals surface area contributed by atoms with Crippen LogP contribution < -0.4 is 5.32 Å². The number of nitrogens with one attached hydrogen (secondary N) is 1. The van der Waals surface area contributed by atoms with Gasteiger partial charge in [0.15, 0.2) is 9.84 Å². The maximum Gasteiger partial charge on any atom is 0.153 e. The minimum atomic E-state index is -3.07. The number of aromatic nitrogens is 1. The van der Waals surface area contributed by atoms with Crippen molar-refractivity contribution in [1.82, 2.24) is 4.98 Å². The van der Waals surface area contributed by atoms with E-state index in [0.717, 1.165) is 0 Å². The second-order valence-corrected chi connectivity index (χ2v) is 9.67. The molecule has 1 N–H and O–H groups in total. The van der Waals surface area contributed by atoms with Crippen LogP contribution in [0.3, 0.4) is 0 Å². The highest BCUT2D eigenvalue weighted by Crippen LogP contribution is 2.38. The fraction of sp³-hybridized carbons (Fsp3) is 0.474. The van der Waals surface area contributed by atoms with Crippen LogP contribution in [0.25, 0.3) is 10.9 Å². The summed E-state index contributed by atoms with van der Waals surface area (Å²) in [5.74, 6) is -0.204. The van der Waals surface area contributed by atoms with Gasteiger partial charge in [-0.1, -0.05) is 0 Å². The van der Waals surface area contributed by atoms with Crippen LogP contribution in [0.5, 0.6) is 0 Å². The molecule has 1 spiro atoms. The number of nitriles is 1. The second kappa shape index (κ2) is 6.43. The quantitative estimate of drug-likeness (QED) is 0.849. The Bertz CT molecular complexity index is 1060. The van der Waals surface area contributed by atoms with E-state index in [9.17, 15) is 18.1 Å². The van der Waals surface area contributed by atoms with Crippen molar-refractivity contribution in [2.24, 2.45) is 0 Å². The van der Waals surface area contributed by atoms with Gasteiger partial charge in [0.05, 0.1) is 33.9 Å². The Labute approximate surface area is 157 Å². The molecule has 2 aliphatic rings. The van der Waals surface area contributed by atoms with E-state index >= 15 is 0 Å². The van der Waals surface area contributed by atoms with Crippen LogP contribution in [0, 0.1) is 24.1 Å². The first-order valence-corrected chi connectivity index (χ1v) is 10.7. The number of pyridine rings is 1. The Morgan fingerprint density at radius 3 is 2.96 bits per heavy atom. The SMILES string of the molecule is Cc1cc(F)cc2c(NC3CCOC4(CCS(=O)(=O)C4)C3)c(C#N)cnc12. The minimum absolute atomic E-state index is 0.0358. The Balaban J connectivity index is 1.70. The van der Waals surface area contributed by atoms with E-state index in [0.29, 0.717) is 53.6 Å². The Morgan fingerprint density at radius 2 is 2.26 bits per heavy atom. The molecule has 142 valence electrons. The molecule has 3 heterocycles. The zero-order valence-electron chi connectivity index (χ0n) is 15.0. The number of sulfone groups is 1. The fourth-order valence-electron chi connectivity index (χ4n) is 4.19. The van der Waals surface area contributed by atoms with Crippen LogP contribution in [-0.2, 0) is 14.6 Å². The lowest BCUT2D eigenvalue weighted by Crippen LogP contribution is -2.45. The number of ether oxygens (including phenoxy) is 1. The molecule has 1 aromatic heterocycles. The predicted molar refractivity (Wildman–Crippen MR) is 99.8 cm³/mol. The van der Waals surface area contributed by atoms with Crippen LogP contribution in [0.4, 0.5) is 10.1 Å². The highest BCUT2D eigenvalue weighted by molar-refractivity contribution is 7.91. The number of rotatable bonds is 2. The van der Waals surface area contributed by atoms with Crippen molar-refractivity contribution >= 4 is 26.4 Å². The third-order valence-corrected chi connectivity index (χ3v) is 7.23. The van der Waals surface area contributed by atoms with Gasteiger partial charge >= 0.3 is 0 Å². The van der Waals surface area contributed by atoms with Gasteiger partial charge in [-0.3, -0.25) is 4.98 Å². The number of fused-ring (bicyclic) bond motifs is 1. The first kappa shape index (κ1) is 18.1. The first-order valence-electron chi connectivity index (χ1n) is 8.91. The Kier molecular flexibility index (Phi) is 4.32. The molecule has 0 bridgehead atoms. The van der Waals surface area contributed by atoms with Crippen LogP contribution in [0.1, 0.15) is 30.4 Å². The van der Waals surface area contributed by atoms with Crippen molar-refractivity contribution in [1.29, 1.82) is 5.26 Å². The van der Waals surface area contributed by atoms with Gasteiger partial charge in [-0.2, -0.15) is 5.26 Å². The van der Waals surface area contributed by atoms with Crippen LogP contribution in [0.2, 0.25) is 0 Å². The van der Waals surface area contributed by atoms with E-state index in [1.807, 2.05) is 0 Å². The Morgan fingerprint density at radius 1 is 1.44 bits per heavy atom. The van der Waals surface area contributed by atoms with Gasteiger partial charge in [-0.15, -0.1) is 0 Å². The third kappa shape index (κ3) is 3.37. The third-order valence-electron chi connectivity index (χ3n) is 5.44. The Hall–Kier alpha value is -2.24. The summed E-state index contributed by atoms with van der Waals surface area (Å²) in [5.41, 5.74) is 1.57. The van der Waals surface area contributed by atoms with Crippen molar-refractivity contribution in [2.75, 3.05) is 23.4 Å². The highest BCUT2D eigenvalue weighted by atomic mass is 32.2. The molecule has 2 atom stereocenters. The van der Waals surface area contributed by atoms with Gasteiger partial charge < -0.3 is 10.1 Å². The van der Waals surface area contributed by atoms with E-state index in [-0.39, 0.29) is 23.4 Å². The van der Waals surface area contributed by atoms with Gasteiger partial charge in [-0.05, 0) is 43.9 Å². The fourth-order valence-corrected chi connectivity index (χ4v) is 6.17. The summed E-state index contributed by atoms with van der Waals surface area (Å²) in [6.45, 7) is 2.23. The average Bonchev–Trinajstić information content (AvgIpc) is 2.89. The van der Waals surface area contributed by atoms with Gasteiger partial charge in [0.1, 0.15) is 11.9 Å². The summed E-state index contributed by atoms with van der Waals surface area (Å²) in [5, 5.41) is 13.4. The molecule has 0 amide bonds. The number of nitrogens with zero attached hydrogens (tertiary/aromatic N) is 2. The molecule has 2 aromatic rings. The number of hydrogen-bond donors (Lipinski definition) is 1. The maximum atomic E-state index is 14.0. The number of aryl methyl sites for hydroxylation is 1. The normalized spacial score (nSPS) is 26.9. The number of hydrogen-bond acceptors (Lipinski definition) is 6. The van der Waals surface area contributed by atoms with Crippen molar-refractivity contribution in [3.63, 3.8) is 0 Å². The van der Waals surface area contributed by atoms with E-state index in [1.165, 1.54) is 18.3 Å². The summed E-state index contributed by atoms with van der Waals surface area (Å²) in [4.78, 5) is 4.30. The van der Waals surface area contributed by atoms with Crippen molar-refractivity contribution < 1.29 is 17.5 Å². The zero-order valence-corrected chi connectivity index (χ0v) is 15.8. The second-order valence-electron chi connectivity index (χ2n) is 7.49. The van der Waals surface area contributed by atoms with Gasteiger partial charge in [0.25, 0.3) is 0 Å². The highest BCUT2D eigenvalue weighted by Gasteiger charge is 2.46. The summed E-state index contributed by atoms with van der Waals surface area (Å²) < 4.78 is 43.7. The van der Waals surface area contributed by atoms with E-state index in [4.69, 9.17) is 4.74 Å². The number of benzene rings is 1. The summed E-state index contributed by atoms with van der Waals surface area (Å²) in [7, 11) is -3.07. The molecule has 27 heavy (non-hydrogen) atoms. The molecule has 2 unspecified atom stereocenters. The topological polar surface area (TPSA) is 92.1 Å². The van der Waals surface area contributed by atoms with E-state index in [2.05, 4.69) is 16.4 Å².